The molecule has 2 heterocycles. The Balaban J connectivity index is 1.02. The van der Waals surface area contributed by atoms with E-state index in [1.54, 1.807) is 0 Å². The zero-order chi connectivity index (χ0) is 42.5. The maximum absolute atomic E-state index is 6.50. The third-order valence-corrected chi connectivity index (χ3v) is 12.9. The van der Waals surface area contributed by atoms with Gasteiger partial charge in [0, 0.05) is 50.4 Å². The smallest absolute Gasteiger partial charge is 0.137 e. The lowest BCUT2D eigenvalue weighted by atomic mass is 9.65. The minimum atomic E-state index is -0.517. The van der Waals surface area contributed by atoms with Crippen molar-refractivity contribution in [1.29, 1.82) is 0 Å². The van der Waals surface area contributed by atoms with Gasteiger partial charge in [0.1, 0.15) is 11.2 Å². The van der Waals surface area contributed by atoms with E-state index >= 15 is 0 Å². The zero-order valence-corrected chi connectivity index (χ0v) is 35.1. The number of benzene rings is 10. The second-order valence-electron chi connectivity index (χ2n) is 16.5. The van der Waals surface area contributed by atoms with Gasteiger partial charge in [0.05, 0.1) is 16.4 Å². The zero-order valence-electron chi connectivity index (χ0n) is 35.1. The summed E-state index contributed by atoms with van der Waals surface area (Å²) in [4.78, 5) is 2.36. The second-order valence-corrected chi connectivity index (χ2v) is 16.5. The Morgan fingerprint density at radius 3 is 1.48 bits per heavy atom. The Kier molecular flexibility index (Phi) is 9.05. The first kappa shape index (κ1) is 37.4. The van der Waals surface area contributed by atoms with Crippen LogP contribution >= 0.6 is 0 Å². The Bertz CT molecular complexity index is 3500. The molecule has 3 heteroatoms. The van der Waals surface area contributed by atoms with Crippen LogP contribution in [0.3, 0.4) is 0 Å². The van der Waals surface area contributed by atoms with Crippen molar-refractivity contribution in [2.45, 2.75) is 5.41 Å². The summed E-state index contributed by atoms with van der Waals surface area (Å²) in [6.07, 6.45) is 0. The van der Waals surface area contributed by atoms with E-state index in [9.17, 15) is 0 Å². The average Bonchev–Trinajstić information content (AvgIpc) is 3.91. The molecule has 0 spiro atoms. The summed E-state index contributed by atoms with van der Waals surface area (Å²) >= 11 is 0. The van der Waals surface area contributed by atoms with Gasteiger partial charge < -0.3 is 13.9 Å². The van der Waals surface area contributed by atoms with Crippen molar-refractivity contribution in [3.05, 3.63) is 277 Å². The molecule has 0 aliphatic heterocycles. The van der Waals surface area contributed by atoms with Crippen LogP contribution in [0.15, 0.2) is 259 Å². The fourth-order valence-electron chi connectivity index (χ4n) is 10.1. The summed E-state index contributed by atoms with van der Waals surface area (Å²) in [6, 6.07) is 91.9. The molecule has 0 aliphatic rings. The molecule has 64 heavy (non-hydrogen) atoms. The molecule has 3 nitrogen and oxygen atoms in total. The molecule has 10 aromatic carbocycles. The molecule has 0 saturated heterocycles. The lowest BCUT2D eigenvalue weighted by molar-refractivity contribution is 0.669. The predicted octanol–water partition coefficient (Wildman–Crippen LogP) is 16.2. The topological polar surface area (TPSA) is 21.3 Å². The molecule has 0 unspecified atom stereocenters. The van der Waals surface area contributed by atoms with Crippen molar-refractivity contribution < 1.29 is 4.42 Å². The molecule has 0 saturated carbocycles. The lowest BCUT2D eigenvalue weighted by Crippen LogP contribution is -2.30. The highest BCUT2D eigenvalue weighted by Crippen LogP contribution is 2.46. The van der Waals surface area contributed by atoms with Gasteiger partial charge in [-0.2, -0.15) is 0 Å². The van der Waals surface area contributed by atoms with Crippen molar-refractivity contribution in [1.82, 2.24) is 4.57 Å². The number of rotatable bonds is 9. The Labute approximate surface area is 372 Å². The summed E-state index contributed by atoms with van der Waals surface area (Å²) in [5.41, 5.74) is 14.9. The molecule has 0 bridgehead atoms. The van der Waals surface area contributed by atoms with E-state index in [-0.39, 0.29) is 0 Å². The highest BCUT2D eigenvalue weighted by atomic mass is 16.3. The van der Waals surface area contributed by atoms with E-state index in [2.05, 4.69) is 252 Å². The molecule has 12 rings (SSSR count). The monoisotopic (exact) mass is 818 g/mol. The maximum atomic E-state index is 6.50. The fourth-order valence-corrected chi connectivity index (χ4v) is 10.1. The minimum Gasteiger partial charge on any atom is -0.456 e. The SMILES string of the molecule is c1ccc(-n2c3ccccc3c3ccc(N(c4cccc(-c5ccc(C(c6ccccc6)(c6ccccc6)c6ccccc6)cc5)c4)c4ccc5c(c4)oc4ccccc45)cc32)cc1. The molecule has 2 aromatic heterocycles. The largest absolute Gasteiger partial charge is 0.456 e. The van der Waals surface area contributed by atoms with E-state index in [4.69, 9.17) is 4.42 Å². The van der Waals surface area contributed by atoms with E-state index in [1.807, 2.05) is 12.1 Å². The lowest BCUT2D eigenvalue weighted by Gasteiger charge is -2.37. The molecule has 0 aliphatic carbocycles. The summed E-state index contributed by atoms with van der Waals surface area (Å²) < 4.78 is 8.88. The number of fused-ring (bicyclic) bond motifs is 6. The normalized spacial score (nSPS) is 11.8. The first-order chi connectivity index (χ1) is 31.7. The molecule has 0 fully saturated rings. The van der Waals surface area contributed by atoms with Gasteiger partial charge in [-0.25, -0.2) is 0 Å². The molecular formula is C61H42N2O. The third kappa shape index (κ3) is 6.13. The van der Waals surface area contributed by atoms with Crippen LogP contribution in [0.1, 0.15) is 22.3 Å². The van der Waals surface area contributed by atoms with Crippen LogP contribution in [-0.4, -0.2) is 4.57 Å². The van der Waals surface area contributed by atoms with Gasteiger partial charge >= 0.3 is 0 Å². The summed E-state index contributed by atoms with van der Waals surface area (Å²) in [7, 11) is 0. The van der Waals surface area contributed by atoms with Crippen LogP contribution in [0.25, 0.3) is 60.6 Å². The van der Waals surface area contributed by atoms with Gasteiger partial charge in [-0.15, -0.1) is 0 Å². The summed E-state index contributed by atoms with van der Waals surface area (Å²) in [5.74, 6) is 0. The van der Waals surface area contributed by atoms with E-state index < -0.39 is 5.41 Å². The number of anilines is 3. The molecule has 0 N–H and O–H groups in total. The van der Waals surface area contributed by atoms with Crippen molar-refractivity contribution in [3.8, 4) is 16.8 Å². The van der Waals surface area contributed by atoms with Crippen LogP contribution in [0.4, 0.5) is 17.1 Å². The van der Waals surface area contributed by atoms with Gasteiger partial charge in [0.15, 0.2) is 0 Å². The van der Waals surface area contributed by atoms with Gasteiger partial charge in [0.2, 0.25) is 0 Å². The van der Waals surface area contributed by atoms with Crippen molar-refractivity contribution in [3.63, 3.8) is 0 Å². The summed E-state index contributed by atoms with van der Waals surface area (Å²) in [6.45, 7) is 0. The fraction of sp³-hybridized carbons (Fsp3) is 0.0164. The number of hydrogen-bond acceptors (Lipinski definition) is 2. The summed E-state index contributed by atoms with van der Waals surface area (Å²) in [5, 5.41) is 4.66. The van der Waals surface area contributed by atoms with E-state index in [0.717, 1.165) is 61.3 Å². The predicted molar refractivity (Wildman–Crippen MR) is 266 cm³/mol. The molecule has 0 radical (unpaired) electrons. The second kappa shape index (κ2) is 15.5. The van der Waals surface area contributed by atoms with Crippen molar-refractivity contribution >= 4 is 60.8 Å². The van der Waals surface area contributed by atoms with Crippen molar-refractivity contribution in [2.75, 3.05) is 4.90 Å². The Morgan fingerprint density at radius 1 is 0.312 bits per heavy atom. The van der Waals surface area contributed by atoms with E-state index in [1.165, 1.54) is 38.5 Å². The van der Waals surface area contributed by atoms with Gasteiger partial charge in [0.25, 0.3) is 0 Å². The Hall–Kier alpha value is -8.40. The molecule has 0 atom stereocenters. The number of furan rings is 1. The maximum Gasteiger partial charge on any atom is 0.137 e. The quantitative estimate of drug-likeness (QED) is 0.135. The average molecular weight is 819 g/mol. The van der Waals surface area contributed by atoms with Crippen molar-refractivity contribution in [2.24, 2.45) is 0 Å². The number of para-hydroxylation sites is 3. The highest BCUT2D eigenvalue weighted by Gasteiger charge is 2.38. The minimum absolute atomic E-state index is 0.517. The molecular weight excluding hydrogens is 777 g/mol. The first-order valence-corrected chi connectivity index (χ1v) is 21.9. The Morgan fingerprint density at radius 2 is 0.812 bits per heavy atom. The molecule has 302 valence electrons. The number of aromatic nitrogens is 1. The van der Waals surface area contributed by atoms with Crippen LogP contribution in [-0.2, 0) is 5.41 Å². The third-order valence-electron chi connectivity index (χ3n) is 12.9. The van der Waals surface area contributed by atoms with E-state index in [0.29, 0.717) is 0 Å². The number of nitrogens with zero attached hydrogens (tertiary/aromatic N) is 2. The number of hydrogen-bond donors (Lipinski definition) is 0. The first-order valence-electron chi connectivity index (χ1n) is 21.9. The van der Waals surface area contributed by atoms with Gasteiger partial charge in [-0.1, -0.05) is 188 Å². The highest BCUT2D eigenvalue weighted by molar-refractivity contribution is 6.11. The van der Waals surface area contributed by atoms with Gasteiger partial charge in [-0.05, 0) is 94.0 Å². The molecule has 12 aromatic rings. The van der Waals surface area contributed by atoms with Crippen LogP contribution in [0.5, 0.6) is 0 Å². The van der Waals surface area contributed by atoms with Crippen LogP contribution in [0.2, 0.25) is 0 Å². The van der Waals surface area contributed by atoms with Crippen LogP contribution in [0, 0.1) is 0 Å². The molecule has 0 amide bonds. The van der Waals surface area contributed by atoms with Gasteiger partial charge in [-0.3, -0.25) is 0 Å². The standard InChI is InChI=1S/C61H42N2O/c1-5-19-45(20-6-1)61(46-21-7-2-8-22-46,47-23-9-3-10-24-47)48-34-32-43(33-35-48)44-18-17-27-50(40-44)62(52-37-39-56-55-29-14-16-31-59(55)64-60(56)42-52)51-36-38-54-53-28-13-15-30-57(53)63(58(54)41-51)49-25-11-4-12-26-49/h1-42H. The van der Waals surface area contributed by atoms with Crippen LogP contribution < -0.4 is 4.90 Å².